The molecule has 0 bridgehead atoms. The fourth-order valence-electron chi connectivity index (χ4n) is 2.94. The summed E-state index contributed by atoms with van der Waals surface area (Å²) in [5, 5.41) is 11.5. The minimum atomic E-state index is -0.397. The molecule has 9 nitrogen and oxygen atoms in total. The van der Waals surface area contributed by atoms with E-state index in [2.05, 4.69) is 27.1 Å². The SMILES string of the molecule is C=C(CNC)N(C)c1ccc(/N=N/c2ccccc2OC(=O)N(CCC)CCC)c(N)n1. The number of ether oxygens (including phenoxy) is 1. The molecule has 32 heavy (non-hydrogen) atoms. The van der Waals surface area contributed by atoms with Crippen molar-refractivity contribution >= 4 is 29.1 Å². The number of nitrogens with one attached hydrogen (secondary N) is 1. The molecule has 0 aliphatic heterocycles. The molecule has 1 aromatic heterocycles. The number of anilines is 2. The number of nitrogens with two attached hydrogens (primary N) is 1. The molecular weight excluding hydrogens is 406 g/mol. The number of para-hydroxylation sites is 1. The summed E-state index contributed by atoms with van der Waals surface area (Å²) in [5.74, 6) is 1.23. The summed E-state index contributed by atoms with van der Waals surface area (Å²) in [4.78, 5) is 20.5. The van der Waals surface area contributed by atoms with Crippen LogP contribution >= 0.6 is 0 Å². The third kappa shape index (κ3) is 6.78. The molecule has 9 heteroatoms. The van der Waals surface area contributed by atoms with E-state index in [0.29, 0.717) is 42.6 Å². The molecule has 172 valence electrons. The molecule has 1 amide bonds. The lowest BCUT2D eigenvalue weighted by Crippen LogP contribution is -2.34. The summed E-state index contributed by atoms with van der Waals surface area (Å²) in [6.45, 7) is 9.97. The third-order valence-corrected chi connectivity index (χ3v) is 4.66. The van der Waals surface area contributed by atoms with Crippen molar-refractivity contribution in [1.82, 2.24) is 15.2 Å². The van der Waals surface area contributed by atoms with Gasteiger partial charge in [-0.05, 0) is 44.2 Å². The summed E-state index contributed by atoms with van der Waals surface area (Å²) < 4.78 is 5.60. The first kappa shape index (κ1) is 24.8. The Balaban J connectivity index is 2.19. The van der Waals surface area contributed by atoms with Crippen LogP contribution in [0, 0.1) is 0 Å². The van der Waals surface area contributed by atoms with Gasteiger partial charge in [0.25, 0.3) is 0 Å². The van der Waals surface area contributed by atoms with Crippen LogP contribution in [0.25, 0.3) is 0 Å². The van der Waals surface area contributed by atoms with Gasteiger partial charge in [0.05, 0.1) is 0 Å². The van der Waals surface area contributed by atoms with Crippen molar-refractivity contribution in [2.24, 2.45) is 10.2 Å². The van der Waals surface area contributed by atoms with E-state index in [0.717, 1.165) is 18.5 Å². The Morgan fingerprint density at radius 3 is 2.41 bits per heavy atom. The maximum Gasteiger partial charge on any atom is 0.415 e. The van der Waals surface area contributed by atoms with E-state index >= 15 is 0 Å². The van der Waals surface area contributed by atoms with Crippen LogP contribution in [0.15, 0.2) is 58.9 Å². The maximum atomic E-state index is 12.6. The lowest BCUT2D eigenvalue weighted by molar-refractivity contribution is 0.152. The van der Waals surface area contributed by atoms with Crippen LogP contribution in [-0.4, -0.2) is 49.7 Å². The molecule has 0 spiro atoms. The van der Waals surface area contributed by atoms with Gasteiger partial charge in [-0.15, -0.1) is 10.2 Å². The molecule has 2 aromatic rings. The fourth-order valence-corrected chi connectivity index (χ4v) is 2.94. The molecule has 0 saturated carbocycles. The zero-order valence-electron chi connectivity index (χ0n) is 19.3. The number of aromatic nitrogens is 1. The Hall–Kier alpha value is -3.46. The molecule has 0 fully saturated rings. The summed E-state index contributed by atoms with van der Waals surface area (Å²) in [5.41, 5.74) is 7.79. The standard InChI is InChI=1S/C23H33N7O2/c1-6-14-30(15-7-2)23(31)32-20-11-9-8-10-18(20)27-28-19-12-13-21(26-22(19)24)29(5)17(3)16-25-4/h8-13,25H,3,6-7,14-16H2,1-2,4-5H3,(H2,24,26)/b28-27+. The molecule has 0 aliphatic rings. The summed E-state index contributed by atoms with van der Waals surface area (Å²) >= 11 is 0. The van der Waals surface area contributed by atoms with E-state index in [1.807, 2.05) is 32.8 Å². The van der Waals surface area contributed by atoms with E-state index < -0.39 is 6.09 Å². The molecule has 1 heterocycles. The molecule has 1 aromatic carbocycles. The van der Waals surface area contributed by atoms with Gasteiger partial charge in [0.2, 0.25) is 0 Å². The zero-order valence-corrected chi connectivity index (χ0v) is 19.3. The monoisotopic (exact) mass is 439 g/mol. The Labute approximate surface area is 190 Å². The molecule has 2 rings (SSSR count). The molecule has 0 atom stereocenters. The van der Waals surface area contributed by atoms with Gasteiger partial charge in [-0.2, -0.15) is 0 Å². The van der Waals surface area contributed by atoms with Gasteiger partial charge in [0.15, 0.2) is 11.6 Å². The fraction of sp³-hybridized carbons (Fsp3) is 0.391. The normalized spacial score (nSPS) is 10.9. The first-order valence-corrected chi connectivity index (χ1v) is 10.7. The number of pyridine rings is 1. The molecule has 0 unspecified atom stereocenters. The highest BCUT2D eigenvalue weighted by atomic mass is 16.6. The second-order valence-corrected chi connectivity index (χ2v) is 7.25. The number of carbonyl (C=O) groups excluding carboxylic acids is 1. The Morgan fingerprint density at radius 1 is 1.12 bits per heavy atom. The molecular formula is C23H33N7O2. The number of hydrogen-bond acceptors (Lipinski definition) is 8. The zero-order chi connectivity index (χ0) is 23.5. The number of likely N-dealkylation sites (N-methyl/N-ethyl adjacent to an activating group) is 2. The highest BCUT2D eigenvalue weighted by molar-refractivity contribution is 5.73. The largest absolute Gasteiger partial charge is 0.415 e. The first-order chi connectivity index (χ1) is 15.4. The van der Waals surface area contributed by atoms with Gasteiger partial charge in [0.1, 0.15) is 17.2 Å². The van der Waals surface area contributed by atoms with Crippen molar-refractivity contribution < 1.29 is 9.53 Å². The quantitative estimate of drug-likeness (QED) is 0.484. The lowest BCUT2D eigenvalue weighted by atomic mass is 10.3. The van der Waals surface area contributed by atoms with Crippen molar-refractivity contribution in [1.29, 1.82) is 0 Å². The molecule has 3 N–H and O–H groups in total. The summed E-state index contributed by atoms with van der Waals surface area (Å²) in [6.07, 6.45) is 1.32. The van der Waals surface area contributed by atoms with Crippen LogP contribution < -0.4 is 20.7 Å². The Kier molecular flexibility index (Phi) is 9.62. The number of benzene rings is 1. The van der Waals surface area contributed by atoms with E-state index in [1.54, 1.807) is 41.3 Å². The number of amides is 1. The van der Waals surface area contributed by atoms with Gasteiger partial charge >= 0.3 is 6.09 Å². The lowest BCUT2D eigenvalue weighted by Gasteiger charge is -2.21. The Morgan fingerprint density at radius 2 is 1.78 bits per heavy atom. The van der Waals surface area contributed by atoms with Gasteiger partial charge in [0, 0.05) is 32.4 Å². The van der Waals surface area contributed by atoms with Crippen LogP contribution in [0.3, 0.4) is 0 Å². The number of hydrogen-bond donors (Lipinski definition) is 2. The van der Waals surface area contributed by atoms with Crippen molar-refractivity contribution in [3.63, 3.8) is 0 Å². The summed E-state index contributed by atoms with van der Waals surface area (Å²) in [6, 6.07) is 10.5. The number of azo groups is 1. The van der Waals surface area contributed by atoms with Crippen molar-refractivity contribution in [2.45, 2.75) is 26.7 Å². The maximum absolute atomic E-state index is 12.6. The molecule has 0 saturated heterocycles. The van der Waals surface area contributed by atoms with Crippen LogP contribution in [0.4, 0.5) is 27.8 Å². The van der Waals surface area contributed by atoms with Crippen LogP contribution in [-0.2, 0) is 0 Å². The number of nitrogen functional groups attached to an aromatic ring is 1. The number of carbonyl (C=O) groups is 1. The average molecular weight is 440 g/mol. The molecule has 0 aliphatic carbocycles. The van der Waals surface area contributed by atoms with Crippen molar-refractivity contribution in [3.05, 3.63) is 48.7 Å². The van der Waals surface area contributed by atoms with Gasteiger partial charge < -0.3 is 25.6 Å². The predicted molar refractivity (Wildman–Crippen MR) is 129 cm³/mol. The van der Waals surface area contributed by atoms with E-state index in [1.165, 1.54) is 0 Å². The van der Waals surface area contributed by atoms with Crippen LogP contribution in [0.2, 0.25) is 0 Å². The summed E-state index contributed by atoms with van der Waals surface area (Å²) in [7, 11) is 3.72. The van der Waals surface area contributed by atoms with E-state index in [4.69, 9.17) is 10.5 Å². The van der Waals surface area contributed by atoms with Crippen molar-refractivity contribution in [2.75, 3.05) is 44.4 Å². The second-order valence-electron chi connectivity index (χ2n) is 7.25. The van der Waals surface area contributed by atoms with E-state index in [-0.39, 0.29) is 5.82 Å². The number of rotatable bonds is 11. The highest BCUT2D eigenvalue weighted by Crippen LogP contribution is 2.31. The minimum Gasteiger partial charge on any atom is -0.408 e. The third-order valence-electron chi connectivity index (χ3n) is 4.66. The van der Waals surface area contributed by atoms with Gasteiger partial charge in [-0.3, -0.25) is 0 Å². The number of nitrogens with zero attached hydrogens (tertiary/aromatic N) is 5. The van der Waals surface area contributed by atoms with Gasteiger partial charge in [-0.1, -0.05) is 32.6 Å². The first-order valence-electron chi connectivity index (χ1n) is 10.7. The highest BCUT2D eigenvalue weighted by Gasteiger charge is 2.16. The van der Waals surface area contributed by atoms with Crippen LogP contribution in [0.1, 0.15) is 26.7 Å². The van der Waals surface area contributed by atoms with Crippen LogP contribution in [0.5, 0.6) is 5.75 Å². The minimum absolute atomic E-state index is 0.238. The Bertz CT molecular complexity index is 940. The van der Waals surface area contributed by atoms with Gasteiger partial charge in [-0.25, -0.2) is 9.78 Å². The topological polar surface area (TPSA) is 108 Å². The molecule has 0 radical (unpaired) electrons. The van der Waals surface area contributed by atoms with E-state index in [9.17, 15) is 4.79 Å². The second kappa shape index (κ2) is 12.4. The van der Waals surface area contributed by atoms with Crippen molar-refractivity contribution in [3.8, 4) is 5.75 Å². The average Bonchev–Trinajstić information content (AvgIpc) is 2.78. The smallest absolute Gasteiger partial charge is 0.408 e. The predicted octanol–water partition coefficient (Wildman–Crippen LogP) is 4.87.